The summed E-state index contributed by atoms with van der Waals surface area (Å²) in [6.07, 6.45) is 8.44. The lowest BCUT2D eigenvalue weighted by Gasteiger charge is -2.25. The van der Waals surface area contributed by atoms with Gasteiger partial charge >= 0.3 is 0 Å². The van der Waals surface area contributed by atoms with E-state index in [4.69, 9.17) is 5.73 Å². The van der Waals surface area contributed by atoms with Crippen LogP contribution in [0.1, 0.15) is 36.4 Å². The van der Waals surface area contributed by atoms with E-state index in [0.717, 1.165) is 12.1 Å². The second-order valence-corrected chi connectivity index (χ2v) is 4.46. The minimum Gasteiger partial charge on any atom is -0.346 e. The summed E-state index contributed by atoms with van der Waals surface area (Å²) in [7, 11) is 0. The number of nitrogens with zero attached hydrogens (tertiary/aromatic N) is 2. The molecule has 0 unspecified atom stereocenters. The van der Waals surface area contributed by atoms with Crippen molar-refractivity contribution in [2.24, 2.45) is 5.73 Å². The van der Waals surface area contributed by atoms with Gasteiger partial charge in [0, 0.05) is 17.5 Å². The summed E-state index contributed by atoms with van der Waals surface area (Å²) in [4.78, 5) is 12.0. The smallest absolute Gasteiger partial charge is 0.141 e. The molecule has 2 aromatic heterocycles. The molecule has 4 heteroatoms. The first-order valence-electron chi connectivity index (χ1n) is 5.91. The second kappa shape index (κ2) is 3.87. The van der Waals surface area contributed by atoms with Crippen LogP contribution in [0, 0.1) is 0 Å². The van der Waals surface area contributed by atoms with E-state index in [9.17, 15) is 0 Å². The van der Waals surface area contributed by atoms with Crippen molar-refractivity contribution in [3.8, 4) is 0 Å². The maximum atomic E-state index is 5.63. The second-order valence-electron chi connectivity index (χ2n) is 4.46. The van der Waals surface area contributed by atoms with Gasteiger partial charge in [0.1, 0.15) is 12.0 Å². The van der Waals surface area contributed by atoms with Gasteiger partial charge in [-0.05, 0) is 31.4 Å². The lowest BCUT2D eigenvalue weighted by Crippen LogP contribution is -2.12. The fraction of sp³-hybridized carbons (Fsp3) is 0.500. The number of fused-ring (bicyclic) bond motifs is 1. The molecule has 1 saturated carbocycles. The summed E-state index contributed by atoms with van der Waals surface area (Å²) in [6, 6.07) is 0. The van der Waals surface area contributed by atoms with Crippen molar-refractivity contribution >= 4 is 11.0 Å². The molecule has 1 aliphatic rings. The van der Waals surface area contributed by atoms with Gasteiger partial charge in [-0.15, -0.1) is 0 Å². The highest BCUT2D eigenvalue weighted by atomic mass is 14.9. The molecule has 0 bridgehead atoms. The van der Waals surface area contributed by atoms with Crippen LogP contribution in [0.25, 0.3) is 11.0 Å². The third-order valence-electron chi connectivity index (χ3n) is 3.49. The van der Waals surface area contributed by atoms with Crippen LogP contribution in [-0.4, -0.2) is 21.5 Å². The van der Waals surface area contributed by atoms with Gasteiger partial charge in [0.05, 0.1) is 5.69 Å². The van der Waals surface area contributed by atoms with Crippen molar-refractivity contribution < 1.29 is 0 Å². The average molecular weight is 216 g/mol. The first kappa shape index (κ1) is 9.78. The molecule has 0 radical (unpaired) electrons. The van der Waals surface area contributed by atoms with E-state index in [0.29, 0.717) is 12.5 Å². The Morgan fingerprint density at radius 1 is 1.38 bits per heavy atom. The first-order valence-corrected chi connectivity index (χ1v) is 5.91. The Bertz CT molecular complexity index is 499. The van der Waals surface area contributed by atoms with E-state index in [2.05, 4.69) is 15.0 Å². The van der Waals surface area contributed by atoms with Gasteiger partial charge < -0.3 is 10.7 Å². The topological polar surface area (TPSA) is 67.6 Å². The Morgan fingerprint density at radius 3 is 2.94 bits per heavy atom. The van der Waals surface area contributed by atoms with Gasteiger partial charge in [0.15, 0.2) is 0 Å². The number of rotatable bonds is 3. The van der Waals surface area contributed by atoms with Crippen molar-refractivity contribution in [3.05, 3.63) is 23.8 Å². The summed E-state index contributed by atoms with van der Waals surface area (Å²) in [5, 5.41) is 1.22. The summed E-state index contributed by atoms with van der Waals surface area (Å²) in [6.45, 7) is 0.673. The SMILES string of the molecule is NCCc1c[nH]c2ncnc(C3CCC3)c12. The Morgan fingerprint density at radius 2 is 2.25 bits per heavy atom. The third-order valence-corrected chi connectivity index (χ3v) is 3.49. The molecule has 4 nitrogen and oxygen atoms in total. The highest BCUT2D eigenvalue weighted by Gasteiger charge is 2.24. The summed E-state index contributed by atoms with van der Waals surface area (Å²) in [5.41, 5.74) is 9.07. The summed E-state index contributed by atoms with van der Waals surface area (Å²) >= 11 is 0. The maximum absolute atomic E-state index is 5.63. The molecule has 2 aromatic rings. The zero-order chi connectivity index (χ0) is 11.0. The maximum Gasteiger partial charge on any atom is 0.141 e. The molecule has 1 aliphatic carbocycles. The van der Waals surface area contributed by atoms with E-state index in [1.807, 2.05) is 6.20 Å². The van der Waals surface area contributed by atoms with Gasteiger partial charge in [-0.25, -0.2) is 9.97 Å². The van der Waals surface area contributed by atoms with Gasteiger partial charge in [0.2, 0.25) is 0 Å². The van der Waals surface area contributed by atoms with Crippen molar-refractivity contribution in [3.63, 3.8) is 0 Å². The number of aromatic amines is 1. The first-order chi connectivity index (χ1) is 7.90. The zero-order valence-corrected chi connectivity index (χ0v) is 9.24. The van der Waals surface area contributed by atoms with Crippen LogP contribution in [0.2, 0.25) is 0 Å². The van der Waals surface area contributed by atoms with E-state index >= 15 is 0 Å². The molecule has 1 fully saturated rings. The minimum absolute atomic E-state index is 0.637. The van der Waals surface area contributed by atoms with Gasteiger partial charge in [0.25, 0.3) is 0 Å². The highest BCUT2D eigenvalue weighted by molar-refractivity contribution is 5.82. The molecule has 2 heterocycles. The summed E-state index contributed by atoms with van der Waals surface area (Å²) in [5.74, 6) is 0.637. The molecular formula is C12H16N4. The Kier molecular flexibility index (Phi) is 2.36. The van der Waals surface area contributed by atoms with Crippen LogP contribution < -0.4 is 5.73 Å². The molecule has 0 amide bonds. The molecule has 0 aliphatic heterocycles. The van der Waals surface area contributed by atoms with Crippen molar-refractivity contribution in [1.29, 1.82) is 0 Å². The van der Waals surface area contributed by atoms with Gasteiger partial charge in [-0.1, -0.05) is 6.42 Å². The molecule has 16 heavy (non-hydrogen) atoms. The number of H-pyrrole nitrogens is 1. The average Bonchev–Trinajstić information content (AvgIpc) is 2.61. The zero-order valence-electron chi connectivity index (χ0n) is 9.24. The number of hydrogen-bond donors (Lipinski definition) is 2. The molecule has 3 N–H and O–H groups in total. The largest absolute Gasteiger partial charge is 0.346 e. The van der Waals surface area contributed by atoms with Crippen molar-refractivity contribution in [2.45, 2.75) is 31.6 Å². The third kappa shape index (κ3) is 1.41. The van der Waals surface area contributed by atoms with Gasteiger partial charge in [-0.3, -0.25) is 0 Å². The van der Waals surface area contributed by atoms with Crippen molar-refractivity contribution in [2.75, 3.05) is 6.54 Å². The van der Waals surface area contributed by atoms with Crippen LogP contribution in [0.15, 0.2) is 12.5 Å². The Balaban J connectivity index is 2.14. The number of hydrogen-bond acceptors (Lipinski definition) is 3. The van der Waals surface area contributed by atoms with E-state index in [1.165, 1.54) is 35.9 Å². The lowest BCUT2D eigenvalue weighted by molar-refractivity contribution is 0.413. The Hall–Kier alpha value is -1.42. The molecule has 84 valence electrons. The molecule has 0 saturated heterocycles. The molecule has 0 spiro atoms. The summed E-state index contributed by atoms with van der Waals surface area (Å²) < 4.78 is 0. The molecule has 0 atom stereocenters. The highest BCUT2D eigenvalue weighted by Crippen LogP contribution is 2.38. The molecule has 3 rings (SSSR count). The number of aromatic nitrogens is 3. The van der Waals surface area contributed by atoms with E-state index in [-0.39, 0.29) is 0 Å². The Labute approximate surface area is 94.3 Å². The standard InChI is InChI=1S/C12H16N4/c13-5-4-9-6-14-12-10(9)11(15-7-16-12)8-2-1-3-8/h6-8H,1-5,13H2,(H,14,15,16). The lowest BCUT2D eigenvalue weighted by atomic mass is 9.81. The van der Waals surface area contributed by atoms with Gasteiger partial charge in [-0.2, -0.15) is 0 Å². The fourth-order valence-electron chi connectivity index (χ4n) is 2.40. The normalized spacial score (nSPS) is 16.6. The van der Waals surface area contributed by atoms with Crippen LogP contribution in [0.3, 0.4) is 0 Å². The van der Waals surface area contributed by atoms with Crippen LogP contribution in [0.5, 0.6) is 0 Å². The van der Waals surface area contributed by atoms with E-state index in [1.54, 1.807) is 6.33 Å². The molecule has 0 aromatic carbocycles. The van der Waals surface area contributed by atoms with Crippen LogP contribution in [0.4, 0.5) is 0 Å². The van der Waals surface area contributed by atoms with Crippen LogP contribution in [-0.2, 0) is 6.42 Å². The van der Waals surface area contributed by atoms with Crippen molar-refractivity contribution in [1.82, 2.24) is 15.0 Å². The number of nitrogens with one attached hydrogen (secondary N) is 1. The minimum atomic E-state index is 0.637. The monoisotopic (exact) mass is 216 g/mol. The fourth-order valence-corrected chi connectivity index (χ4v) is 2.40. The predicted molar refractivity (Wildman–Crippen MR) is 63.2 cm³/mol. The number of nitrogens with two attached hydrogens (primary N) is 1. The van der Waals surface area contributed by atoms with E-state index < -0.39 is 0 Å². The van der Waals surface area contributed by atoms with Crippen LogP contribution >= 0.6 is 0 Å². The predicted octanol–water partition coefficient (Wildman–Crippen LogP) is 1.73. The quantitative estimate of drug-likeness (QED) is 0.821. The molecular weight excluding hydrogens is 200 g/mol.